The molecule has 9 heteroatoms. The average Bonchev–Trinajstić information content (AvgIpc) is 3.20. The summed E-state index contributed by atoms with van der Waals surface area (Å²) in [5.74, 6) is -0.956. The lowest BCUT2D eigenvalue weighted by molar-refractivity contribution is -0.116. The number of esters is 1. The molecule has 0 bridgehead atoms. The van der Waals surface area contributed by atoms with E-state index in [4.69, 9.17) is 4.74 Å². The average molecular weight is 418 g/mol. The maximum Gasteiger partial charge on any atom is 0.341 e. The second-order valence-electron chi connectivity index (χ2n) is 6.15. The van der Waals surface area contributed by atoms with Gasteiger partial charge < -0.3 is 10.1 Å². The quantitative estimate of drug-likeness (QED) is 0.643. The summed E-state index contributed by atoms with van der Waals surface area (Å²) in [6.45, 7) is 5.39. The van der Waals surface area contributed by atoms with Gasteiger partial charge >= 0.3 is 5.97 Å². The van der Waals surface area contributed by atoms with E-state index < -0.39 is 11.9 Å². The molecule has 3 aromatic rings. The SMILES string of the molecule is COC(=O)c1c(NC(=O)Cn2nc(-c3ccc(C)s3)ccc2=O)sc(C)c1C. The zero-order valence-electron chi connectivity index (χ0n) is 15.9. The van der Waals surface area contributed by atoms with E-state index in [9.17, 15) is 14.4 Å². The standard InChI is InChI=1S/C19H19N3O4S2/c1-10-5-7-14(27-10)13-6-8-16(24)22(21-13)9-15(23)20-18-17(19(25)26-4)11(2)12(3)28-18/h5-8H,9H2,1-4H3,(H,20,23). The van der Waals surface area contributed by atoms with Crippen molar-refractivity contribution in [3.05, 3.63) is 55.5 Å². The fraction of sp³-hybridized carbons (Fsp3) is 0.263. The minimum absolute atomic E-state index is 0.256. The van der Waals surface area contributed by atoms with Crippen LogP contribution in [0.2, 0.25) is 0 Å². The summed E-state index contributed by atoms with van der Waals surface area (Å²) in [5, 5.41) is 7.41. The third-order valence-corrected chi connectivity index (χ3v) is 6.33. The number of ether oxygens (including phenoxy) is 1. The molecule has 0 fully saturated rings. The monoisotopic (exact) mass is 417 g/mol. The number of hydrogen-bond acceptors (Lipinski definition) is 7. The molecule has 0 spiro atoms. The number of amides is 1. The van der Waals surface area contributed by atoms with Gasteiger partial charge in [-0.05, 0) is 44.5 Å². The van der Waals surface area contributed by atoms with Gasteiger partial charge in [-0.15, -0.1) is 22.7 Å². The van der Waals surface area contributed by atoms with Gasteiger partial charge in [0.1, 0.15) is 17.2 Å². The molecule has 0 saturated heterocycles. The molecule has 1 N–H and O–H groups in total. The molecule has 0 radical (unpaired) electrons. The van der Waals surface area contributed by atoms with Gasteiger partial charge in [0.15, 0.2) is 0 Å². The Balaban J connectivity index is 1.84. The Morgan fingerprint density at radius 3 is 2.54 bits per heavy atom. The fourth-order valence-corrected chi connectivity index (χ4v) is 4.53. The van der Waals surface area contributed by atoms with Crippen LogP contribution in [0.5, 0.6) is 0 Å². The van der Waals surface area contributed by atoms with E-state index in [2.05, 4.69) is 10.4 Å². The van der Waals surface area contributed by atoms with Crippen molar-refractivity contribution in [3.8, 4) is 10.6 Å². The molecule has 0 unspecified atom stereocenters. The van der Waals surface area contributed by atoms with Gasteiger partial charge in [0, 0.05) is 15.8 Å². The van der Waals surface area contributed by atoms with Gasteiger partial charge in [0.05, 0.1) is 17.6 Å². The van der Waals surface area contributed by atoms with Crippen LogP contribution in [0.3, 0.4) is 0 Å². The highest BCUT2D eigenvalue weighted by Crippen LogP contribution is 2.33. The minimum atomic E-state index is -0.512. The van der Waals surface area contributed by atoms with Crippen LogP contribution in [0.4, 0.5) is 5.00 Å². The lowest BCUT2D eigenvalue weighted by Gasteiger charge is -2.08. The highest BCUT2D eigenvalue weighted by Gasteiger charge is 2.22. The normalized spacial score (nSPS) is 10.7. The van der Waals surface area contributed by atoms with Crippen molar-refractivity contribution in [2.24, 2.45) is 0 Å². The molecule has 146 valence electrons. The molecule has 3 rings (SSSR count). The summed E-state index contributed by atoms with van der Waals surface area (Å²) in [4.78, 5) is 39.6. The van der Waals surface area contributed by atoms with Crippen molar-refractivity contribution < 1.29 is 14.3 Å². The molecule has 1 amide bonds. The molecule has 0 aliphatic heterocycles. The van der Waals surface area contributed by atoms with E-state index in [0.717, 1.165) is 24.9 Å². The Bertz CT molecular complexity index is 1110. The summed E-state index contributed by atoms with van der Waals surface area (Å²) in [6.07, 6.45) is 0. The van der Waals surface area contributed by atoms with Crippen molar-refractivity contribution in [2.45, 2.75) is 27.3 Å². The second-order valence-corrected chi connectivity index (χ2v) is 8.66. The van der Waals surface area contributed by atoms with Crippen LogP contribution in [0.15, 0.2) is 29.1 Å². The number of anilines is 1. The Hall–Kier alpha value is -2.78. The molecule has 0 saturated carbocycles. The molecule has 28 heavy (non-hydrogen) atoms. The lowest BCUT2D eigenvalue weighted by atomic mass is 10.1. The molecule has 3 heterocycles. The first kappa shape index (κ1) is 20.0. The summed E-state index contributed by atoms with van der Waals surface area (Å²) >= 11 is 2.85. The second kappa shape index (κ2) is 8.07. The van der Waals surface area contributed by atoms with Crippen LogP contribution in [-0.4, -0.2) is 28.8 Å². The van der Waals surface area contributed by atoms with E-state index in [-0.39, 0.29) is 12.1 Å². The zero-order valence-corrected chi connectivity index (χ0v) is 17.5. The summed E-state index contributed by atoms with van der Waals surface area (Å²) in [7, 11) is 1.29. The van der Waals surface area contributed by atoms with E-state index in [1.54, 1.807) is 24.3 Å². The number of carbonyl (C=O) groups excluding carboxylic acids is 2. The molecule has 0 aliphatic rings. The maximum absolute atomic E-state index is 12.5. The topological polar surface area (TPSA) is 90.3 Å². The van der Waals surface area contributed by atoms with Crippen molar-refractivity contribution in [3.63, 3.8) is 0 Å². The van der Waals surface area contributed by atoms with E-state index in [1.807, 2.05) is 26.0 Å². The number of nitrogens with zero attached hydrogens (tertiary/aromatic N) is 2. The van der Waals surface area contributed by atoms with Crippen molar-refractivity contribution >= 4 is 39.6 Å². The lowest BCUT2D eigenvalue weighted by Crippen LogP contribution is -2.29. The number of hydrogen-bond donors (Lipinski definition) is 1. The number of nitrogens with one attached hydrogen (secondary N) is 1. The van der Waals surface area contributed by atoms with Crippen molar-refractivity contribution in [2.75, 3.05) is 12.4 Å². The Morgan fingerprint density at radius 2 is 1.89 bits per heavy atom. The Morgan fingerprint density at radius 1 is 1.14 bits per heavy atom. The number of carbonyl (C=O) groups is 2. The molecule has 0 aromatic carbocycles. The van der Waals surface area contributed by atoms with Gasteiger partial charge in [0.2, 0.25) is 5.91 Å². The van der Waals surface area contributed by atoms with Crippen LogP contribution in [0.1, 0.15) is 25.7 Å². The van der Waals surface area contributed by atoms with Gasteiger partial charge in [-0.1, -0.05) is 0 Å². The zero-order chi connectivity index (χ0) is 20.4. The molecule has 0 aliphatic carbocycles. The summed E-state index contributed by atoms with van der Waals surface area (Å²) in [6, 6.07) is 6.93. The van der Waals surface area contributed by atoms with Crippen LogP contribution < -0.4 is 10.9 Å². The van der Waals surface area contributed by atoms with Crippen LogP contribution >= 0.6 is 22.7 Å². The minimum Gasteiger partial charge on any atom is -0.465 e. The van der Waals surface area contributed by atoms with E-state index in [0.29, 0.717) is 16.3 Å². The summed E-state index contributed by atoms with van der Waals surface area (Å²) in [5.41, 5.74) is 1.35. The highest BCUT2D eigenvalue weighted by atomic mass is 32.1. The van der Waals surface area contributed by atoms with E-state index in [1.165, 1.54) is 24.5 Å². The predicted octanol–water partition coefficient (Wildman–Crippen LogP) is 3.38. The molecular weight excluding hydrogens is 398 g/mol. The fourth-order valence-electron chi connectivity index (χ4n) is 2.63. The Labute approximate surface area is 169 Å². The van der Waals surface area contributed by atoms with Crippen LogP contribution in [0, 0.1) is 20.8 Å². The molecule has 3 aromatic heterocycles. The molecule has 0 atom stereocenters. The number of aromatic nitrogens is 2. The van der Waals surface area contributed by atoms with Crippen LogP contribution in [-0.2, 0) is 16.1 Å². The Kier molecular flexibility index (Phi) is 5.76. The van der Waals surface area contributed by atoms with Crippen molar-refractivity contribution in [1.29, 1.82) is 0 Å². The number of thiophene rings is 2. The van der Waals surface area contributed by atoms with Gasteiger partial charge in [-0.25, -0.2) is 9.48 Å². The smallest absolute Gasteiger partial charge is 0.341 e. The largest absolute Gasteiger partial charge is 0.465 e. The number of aryl methyl sites for hydroxylation is 2. The molecule has 7 nitrogen and oxygen atoms in total. The third kappa shape index (κ3) is 4.05. The first-order chi connectivity index (χ1) is 13.3. The first-order valence-electron chi connectivity index (χ1n) is 8.43. The predicted molar refractivity (Wildman–Crippen MR) is 110 cm³/mol. The number of methoxy groups -OCH3 is 1. The van der Waals surface area contributed by atoms with Gasteiger partial charge in [-0.2, -0.15) is 5.10 Å². The highest BCUT2D eigenvalue weighted by molar-refractivity contribution is 7.17. The maximum atomic E-state index is 12.5. The third-order valence-electron chi connectivity index (χ3n) is 4.18. The van der Waals surface area contributed by atoms with Gasteiger partial charge in [-0.3, -0.25) is 9.59 Å². The van der Waals surface area contributed by atoms with E-state index >= 15 is 0 Å². The van der Waals surface area contributed by atoms with Crippen molar-refractivity contribution in [1.82, 2.24) is 9.78 Å². The first-order valence-corrected chi connectivity index (χ1v) is 10.1. The van der Waals surface area contributed by atoms with Crippen LogP contribution in [0.25, 0.3) is 10.6 Å². The van der Waals surface area contributed by atoms with Gasteiger partial charge in [0.25, 0.3) is 5.56 Å². The molecular formula is C19H19N3O4S2. The summed E-state index contributed by atoms with van der Waals surface area (Å²) < 4.78 is 5.92. The number of rotatable bonds is 5.